The first kappa shape index (κ1) is 9.24. The maximum Gasteiger partial charge on any atom is 0.239 e. The predicted molar refractivity (Wildman–Crippen MR) is 45.9 cm³/mol. The number of ether oxygens (including phenoxy) is 1. The first-order valence-electron chi connectivity index (χ1n) is 3.60. The zero-order valence-corrected chi connectivity index (χ0v) is 7.15. The Labute approximate surface area is 75.1 Å². The molecule has 1 aromatic rings. The van der Waals surface area contributed by atoms with E-state index in [1.807, 2.05) is 0 Å². The van der Waals surface area contributed by atoms with Crippen molar-refractivity contribution in [1.29, 1.82) is 0 Å². The molecule has 13 heavy (non-hydrogen) atoms. The third kappa shape index (κ3) is 2.29. The van der Waals surface area contributed by atoms with Crippen molar-refractivity contribution >= 4 is 12.2 Å². The number of nitrogen functional groups attached to an aromatic ring is 1. The first-order chi connectivity index (χ1) is 6.27. The molecule has 0 aliphatic carbocycles. The molecule has 0 aliphatic rings. The van der Waals surface area contributed by atoms with Gasteiger partial charge in [-0.05, 0) is 0 Å². The molecule has 0 radical (unpaired) electrons. The highest BCUT2D eigenvalue weighted by Gasteiger charge is 2.05. The molecule has 3 N–H and O–H groups in total. The van der Waals surface area contributed by atoms with Crippen molar-refractivity contribution in [2.45, 2.75) is 6.54 Å². The normalized spacial score (nSPS) is 9.31. The van der Waals surface area contributed by atoms with Gasteiger partial charge in [0.25, 0.3) is 0 Å². The van der Waals surface area contributed by atoms with Gasteiger partial charge in [0.2, 0.25) is 12.3 Å². The van der Waals surface area contributed by atoms with E-state index in [0.717, 1.165) is 0 Å². The van der Waals surface area contributed by atoms with Gasteiger partial charge < -0.3 is 15.8 Å². The quantitative estimate of drug-likeness (QED) is 0.602. The van der Waals surface area contributed by atoms with Gasteiger partial charge in [-0.25, -0.2) is 4.98 Å². The Hall–Kier alpha value is -1.85. The van der Waals surface area contributed by atoms with Gasteiger partial charge in [0.05, 0.1) is 19.9 Å². The summed E-state index contributed by atoms with van der Waals surface area (Å²) < 4.78 is 4.91. The summed E-state index contributed by atoms with van der Waals surface area (Å²) in [6.45, 7) is 0.278. The summed E-state index contributed by atoms with van der Waals surface area (Å²) in [7, 11) is 1.47. The fraction of sp³-hybridized carbons (Fsp3) is 0.286. The lowest BCUT2D eigenvalue weighted by molar-refractivity contribution is -0.109. The number of hydrogen-bond donors (Lipinski definition) is 2. The SMILES string of the molecule is COc1nc(N)cnc1CNC=O. The Morgan fingerprint density at radius 1 is 1.77 bits per heavy atom. The van der Waals surface area contributed by atoms with Crippen LogP contribution in [0.2, 0.25) is 0 Å². The third-order valence-electron chi connectivity index (χ3n) is 1.38. The van der Waals surface area contributed by atoms with E-state index < -0.39 is 0 Å². The predicted octanol–water partition coefficient (Wildman–Crippen LogP) is -0.687. The van der Waals surface area contributed by atoms with Gasteiger partial charge >= 0.3 is 0 Å². The smallest absolute Gasteiger partial charge is 0.239 e. The van der Waals surface area contributed by atoms with Gasteiger partial charge in [-0.15, -0.1) is 0 Å². The second kappa shape index (κ2) is 4.24. The number of nitrogens with zero attached hydrogens (tertiary/aromatic N) is 2. The molecule has 1 aromatic heterocycles. The van der Waals surface area contributed by atoms with Crippen LogP contribution in [-0.4, -0.2) is 23.5 Å². The molecule has 1 amide bonds. The fourth-order valence-electron chi connectivity index (χ4n) is 0.833. The van der Waals surface area contributed by atoms with E-state index in [2.05, 4.69) is 15.3 Å². The highest BCUT2D eigenvalue weighted by atomic mass is 16.5. The largest absolute Gasteiger partial charge is 0.480 e. The van der Waals surface area contributed by atoms with Crippen LogP contribution < -0.4 is 15.8 Å². The van der Waals surface area contributed by atoms with Crippen LogP contribution in [0.15, 0.2) is 6.20 Å². The minimum atomic E-state index is 0.278. The van der Waals surface area contributed by atoms with Crippen LogP contribution in [0.5, 0.6) is 5.88 Å². The molecule has 70 valence electrons. The average Bonchev–Trinajstić information content (AvgIpc) is 2.16. The van der Waals surface area contributed by atoms with Crippen LogP contribution >= 0.6 is 0 Å². The summed E-state index contributed by atoms with van der Waals surface area (Å²) in [5, 5.41) is 2.45. The summed E-state index contributed by atoms with van der Waals surface area (Å²) in [6.07, 6.45) is 1.99. The van der Waals surface area contributed by atoms with E-state index in [1.165, 1.54) is 13.3 Å². The van der Waals surface area contributed by atoms with Crippen LogP contribution in [0.3, 0.4) is 0 Å². The summed E-state index contributed by atoms with van der Waals surface area (Å²) >= 11 is 0. The maximum absolute atomic E-state index is 10.0. The maximum atomic E-state index is 10.0. The van der Waals surface area contributed by atoms with Crippen molar-refractivity contribution in [1.82, 2.24) is 15.3 Å². The molecule has 0 saturated heterocycles. The highest BCUT2D eigenvalue weighted by molar-refractivity contribution is 5.46. The second-order valence-corrected chi connectivity index (χ2v) is 2.25. The number of aromatic nitrogens is 2. The van der Waals surface area contributed by atoms with E-state index in [-0.39, 0.29) is 12.4 Å². The molecule has 0 saturated carbocycles. The molecule has 0 aliphatic heterocycles. The molecular formula is C7H10N4O2. The summed E-state index contributed by atoms with van der Waals surface area (Å²) in [5.74, 6) is 0.612. The van der Waals surface area contributed by atoms with Gasteiger partial charge in [0.1, 0.15) is 11.5 Å². The average molecular weight is 182 g/mol. The number of rotatable bonds is 4. The number of nitrogens with one attached hydrogen (secondary N) is 1. The topological polar surface area (TPSA) is 90.1 Å². The minimum absolute atomic E-state index is 0.278. The van der Waals surface area contributed by atoms with Gasteiger partial charge in [0.15, 0.2) is 0 Å². The van der Waals surface area contributed by atoms with Crippen molar-refractivity contribution in [2.24, 2.45) is 0 Å². The third-order valence-corrected chi connectivity index (χ3v) is 1.38. The van der Waals surface area contributed by atoms with Crippen molar-refractivity contribution in [3.05, 3.63) is 11.9 Å². The first-order valence-corrected chi connectivity index (χ1v) is 3.60. The lowest BCUT2D eigenvalue weighted by Gasteiger charge is -2.05. The number of nitrogens with two attached hydrogens (primary N) is 1. The molecule has 0 unspecified atom stereocenters. The molecule has 1 heterocycles. The summed E-state index contributed by atoms with van der Waals surface area (Å²) in [6, 6.07) is 0. The molecular weight excluding hydrogens is 172 g/mol. The van der Waals surface area contributed by atoms with Crippen LogP contribution in [0.25, 0.3) is 0 Å². The lowest BCUT2D eigenvalue weighted by atomic mass is 10.4. The summed E-state index contributed by atoms with van der Waals surface area (Å²) in [5.41, 5.74) is 5.93. The van der Waals surface area contributed by atoms with E-state index in [1.54, 1.807) is 0 Å². The van der Waals surface area contributed by atoms with E-state index in [9.17, 15) is 4.79 Å². The van der Waals surface area contributed by atoms with Crippen LogP contribution in [0, 0.1) is 0 Å². The zero-order chi connectivity index (χ0) is 9.68. The Bertz CT molecular complexity index is 303. The van der Waals surface area contributed by atoms with Gasteiger partial charge in [-0.2, -0.15) is 4.98 Å². The summed E-state index contributed by atoms with van der Waals surface area (Å²) in [4.78, 5) is 17.9. The molecule has 0 spiro atoms. The fourth-order valence-corrected chi connectivity index (χ4v) is 0.833. The van der Waals surface area contributed by atoms with Crippen LogP contribution in [-0.2, 0) is 11.3 Å². The Kier molecular flexibility index (Phi) is 3.02. The van der Waals surface area contributed by atoms with Crippen LogP contribution in [0.1, 0.15) is 5.69 Å². The molecule has 6 nitrogen and oxygen atoms in total. The number of amides is 1. The van der Waals surface area contributed by atoms with Crippen molar-refractivity contribution in [3.63, 3.8) is 0 Å². The van der Waals surface area contributed by atoms with Crippen molar-refractivity contribution in [3.8, 4) is 5.88 Å². The molecule has 0 fully saturated rings. The van der Waals surface area contributed by atoms with Crippen molar-refractivity contribution < 1.29 is 9.53 Å². The molecule has 0 bridgehead atoms. The van der Waals surface area contributed by atoms with Gasteiger partial charge in [-0.1, -0.05) is 0 Å². The van der Waals surface area contributed by atoms with Crippen molar-refractivity contribution in [2.75, 3.05) is 12.8 Å². The van der Waals surface area contributed by atoms with E-state index in [0.29, 0.717) is 18.0 Å². The second-order valence-electron chi connectivity index (χ2n) is 2.25. The number of anilines is 1. The van der Waals surface area contributed by atoms with Crippen LogP contribution in [0.4, 0.5) is 5.82 Å². The van der Waals surface area contributed by atoms with Gasteiger partial charge in [-0.3, -0.25) is 4.79 Å². The monoisotopic (exact) mass is 182 g/mol. The lowest BCUT2D eigenvalue weighted by Crippen LogP contribution is -2.13. The Morgan fingerprint density at radius 3 is 3.15 bits per heavy atom. The standard InChI is InChI=1S/C7H10N4O2/c1-13-7-5(2-9-4-12)10-3-6(8)11-7/h3-4H,2H2,1H3,(H2,8,11)(H,9,12). The number of methoxy groups -OCH3 is 1. The number of carbonyl (C=O) groups excluding carboxylic acids is 1. The number of hydrogen-bond acceptors (Lipinski definition) is 5. The molecule has 1 rings (SSSR count). The highest BCUT2D eigenvalue weighted by Crippen LogP contribution is 2.12. The molecule has 6 heteroatoms. The van der Waals surface area contributed by atoms with Gasteiger partial charge in [0, 0.05) is 0 Å². The Balaban J connectivity index is 2.85. The molecule has 0 atom stereocenters. The van der Waals surface area contributed by atoms with E-state index in [4.69, 9.17) is 10.5 Å². The minimum Gasteiger partial charge on any atom is -0.480 e. The zero-order valence-electron chi connectivity index (χ0n) is 7.15. The Morgan fingerprint density at radius 2 is 2.54 bits per heavy atom. The number of carbonyl (C=O) groups is 1. The van der Waals surface area contributed by atoms with E-state index >= 15 is 0 Å². The molecule has 0 aromatic carbocycles.